The van der Waals surface area contributed by atoms with Crippen LogP contribution in [0.4, 0.5) is 19.0 Å². The van der Waals surface area contributed by atoms with Crippen LogP contribution in [0.15, 0.2) is 24.3 Å². The molecule has 6 nitrogen and oxygen atoms in total. The highest BCUT2D eigenvalue weighted by atomic mass is 19.4. The SMILES string of the molecule is CCc1cc(N2CCOCC2)nn2c(Cc3cccc(C(F)(F)F)c3C)c(CO)nc12. The second kappa shape index (κ2) is 8.47. The molecule has 1 aliphatic rings. The summed E-state index contributed by atoms with van der Waals surface area (Å²) in [5, 5.41) is 14.7. The summed E-state index contributed by atoms with van der Waals surface area (Å²) in [5.74, 6) is 0.775. The molecular formula is C22H25F3N4O2. The molecule has 166 valence electrons. The largest absolute Gasteiger partial charge is 0.416 e. The molecule has 1 fully saturated rings. The molecule has 1 N–H and O–H groups in total. The van der Waals surface area contributed by atoms with E-state index in [1.165, 1.54) is 13.0 Å². The van der Waals surface area contributed by atoms with Crippen LogP contribution >= 0.6 is 0 Å². The predicted octanol–water partition coefficient (Wildman–Crippen LogP) is 3.54. The van der Waals surface area contributed by atoms with Gasteiger partial charge in [0.25, 0.3) is 0 Å². The minimum absolute atomic E-state index is 0.175. The van der Waals surface area contributed by atoms with Gasteiger partial charge in [0, 0.05) is 25.1 Å². The molecule has 4 rings (SSSR count). The standard InChI is InChI=1S/C22H25F3N4O2/c1-3-15-12-20(28-7-9-31-10-8-28)27-29-19(18(13-30)26-21(15)29)11-16-5-4-6-17(14(16)2)22(23,24)25/h4-6,12,30H,3,7-11,13H2,1-2H3. The van der Waals surface area contributed by atoms with E-state index in [0.717, 1.165) is 17.4 Å². The van der Waals surface area contributed by atoms with Crippen molar-refractivity contribution in [1.29, 1.82) is 0 Å². The number of alkyl halides is 3. The first-order valence-electron chi connectivity index (χ1n) is 10.3. The number of aromatic nitrogens is 3. The average molecular weight is 434 g/mol. The van der Waals surface area contributed by atoms with Gasteiger partial charge in [-0.15, -0.1) is 5.10 Å². The molecule has 0 radical (unpaired) electrons. The fourth-order valence-corrected chi connectivity index (χ4v) is 4.03. The first kappa shape index (κ1) is 21.6. The van der Waals surface area contributed by atoms with Crippen molar-refractivity contribution < 1.29 is 23.0 Å². The zero-order valence-electron chi connectivity index (χ0n) is 17.5. The second-order valence-corrected chi connectivity index (χ2v) is 7.64. The summed E-state index contributed by atoms with van der Waals surface area (Å²) in [5.41, 5.74) is 2.68. The maximum atomic E-state index is 13.4. The molecular weight excluding hydrogens is 409 g/mol. The van der Waals surface area contributed by atoms with E-state index in [-0.39, 0.29) is 18.6 Å². The van der Waals surface area contributed by atoms with Crippen LogP contribution in [-0.4, -0.2) is 46.0 Å². The number of nitrogens with zero attached hydrogens (tertiary/aromatic N) is 4. The molecule has 0 unspecified atom stereocenters. The second-order valence-electron chi connectivity index (χ2n) is 7.64. The molecule has 3 aromatic rings. The van der Waals surface area contributed by atoms with Gasteiger partial charge < -0.3 is 14.7 Å². The molecule has 1 saturated heterocycles. The third-order valence-corrected chi connectivity index (χ3v) is 5.80. The molecule has 3 heterocycles. The highest BCUT2D eigenvalue weighted by Crippen LogP contribution is 2.34. The van der Waals surface area contributed by atoms with E-state index in [1.54, 1.807) is 10.6 Å². The molecule has 0 aliphatic carbocycles. The van der Waals surface area contributed by atoms with E-state index in [2.05, 4.69) is 9.88 Å². The Labute approximate surface area is 178 Å². The van der Waals surface area contributed by atoms with Crippen molar-refractivity contribution in [3.8, 4) is 0 Å². The Balaban J connectivity index is 1.84. The van der Waals surface area contributed by atoms with Gasteiger partial charge >= 0.3 is 6.18 Å². The van der Waals surface area contributed by atoms with Gasteiger partial charge in [0.2, 0.25) is 0 Å². The van der Waals surface area contributed by atoms with Crippen molar-refractivity contribution >= 4 is 11.5 Å². The van der Waals surface area contributed by atoms with Gasteiger partial charge in [0.1, 0.15) is 5.82 Å². The van der Waals surface area contributed by atoms with E-state index in [1.807, 2.05) is 13.0 Å². The number of aryl methyl sites for hydroxylation is 1. The van der Waals surface area contributed by atoms with Gasteiger partial charge in [-0.1, -0.05) is 19.1 Å². The van der Waals surface area contributed by atoms with Gasteiger partial charge in [-0.2, -0.15) is 13.2 Å². The molecule has 0 amide bonds. The predicted molar refractivity (Wildman–Crippen MR) is 110 cm³/mol. The molecule has 2 aromatic heterocycles. The van der Waals surface area contributed by atoms with E-state index < -0.39 is 11.7 Å². The van der Waals surface area contributed by atoms with Crippen LogP contribution in [0.25, 0.3) is 5.65 Å². The molecule has 0 atom stereocenters. The quantitative estimate of drug-likeness (QED) is 0.666. The zero-order chi connectivity index (χ0) is 22.2. The maximum Gasteiger partial charge on any atom is 0.416 e. The van der Waals surface area contributed by atoms with Gasteiger partial charge in [0.15, 0.2) is 5.65 Å². The summed E-state index contributed by atoms with van der Waals surface area (Å²) < 4.78 is 47.3. The molecule has 9 heteroatoms. The summed E-state index contributed by atoms with van der Waals surface area (Å²) in [6.45, 7) is 5.84. The molecule has 0 spiro atoms. The lowest BCUT2D eigenvalue weighted by atomic mass is 9.98. The Morgan fingerprint density at radius 1 is 1.16 bits per heavy atom. The molecule has 0 saturated carbocycles. The topological polar surface area (TPSA) is 62.9 Å². The Morgan fingerprint density at radius 3 is 2.55 bits per heavy atom. The summed E-state index contributed by atoms with van der Waals surface area (Å²) in [6.07, 6.45) is -3.51. The zero-order valence-corrected chi connectivity index (χ0v) is 17.5. The fourth-order valence-electron chi connectivity index (χ4n) is 4.03. The number of halogens is 3. The van der Waals surface area contributed by atoms with Crippen LogP contribution in [0.3, 0.4) is 0 Å². The van der Waals surface area contributed by atoms with Crippen LogP contribution in [0, 0.1) is 6.92 Å². The minimum Gasteiger partial charge on any atom is -0.390 e. The summed E-state index contributed by atoms with van der Waals surface area (Å²) in [7, 11) is 0. The van der Waals surface area contributed by atoms with Gasteiger partial charge in [-0.25, -0.2) is 9.50 Å². The lowest BCUT2D eigenvalue weighted by molar-refractivity contribution is -0.138. The van der Waals surface area contributed by atoms with Crippen LogP contribution in [0.2, 0.25) is 0 Å². The van der Waals surface area contributed by atoms with Crippen molar-refractivity contribution in [3.05, 3.63) is 57.9 Å². The molecule has 0 bridgehead atoms. The normalized spacial score (nSPS) is 15.1. The number of fused-ring (bicyclic) bond motifs is 1. The van der Waals surface area contributed by atoms with Crippen molar-refractivity contribution in [2.45, 2.75) is 39.5 Å². The Bertz CT molecular complexity index is 1090. The third-order valence-electron chi connectivity index (χ3n) is 5.80. The van der Waals surface area contributed by atoms with Gasteiger partial charge in [0.05, 0.1) is 36.8 Å². The average Bonchev–Trinajstić information content (AvgIpc) is 3.11. The number of morpholine rings is 1. The van der Waals surface area contributed by atoms with E-state index in [9.17, 15) is 18.3 Å². The minimum atomic E-state index is -4.42. The summed E-state index contributed by atoms with van der Waals surface area (Å²) in [6, 6.07) is 6.17. The van der Waals surface area contributed by atoms with Crippen LogP contribution in [-0.2, 0) is 30.4 Å². The van der Waals surface area contributed by atoms with Crippen molar-refractivity contribution in [2.75, 3.05) is 31.2 Å². The smallest absolute Gasteiger partial charge is 0.390 e. The van der Waals surface area contributed by atoms with Gasteiger partial charge in [-0.05, 0) is 36.6 Å². The first-order chi connectivity index (χ1) is 14.8. The monoisotopic (exact) mass is 434 g/mol. The number of hydrogen-bond donors (Lipinski definition) is 1. The van der Waals surface area contributed by atoms with Crippen molar-refractivity contribution in [3.63, 3.8) is 0 Å². The van der Waals surface area contributed by atoms with E-state index >= 15 is 0 Å². The van der Waals surface area contributed by atoms with Crippen LogP contribution < -0.4 is 4.90 Å². The molecule has 1 aromatic carbocycles. The highest BCUT2D eigenvalue weighted by molar-refractivity contribution is 5.56. The number of rotatable bonds is 5. The number of ether oxygens (including phenoxy) is 1. The van der Waals surface area contributed by atoms with Crippen LogP contribution in [0.5, 0.6) is 0 Å². The Kier molecular flexibility index (Phi) is 5.90. The van der Waals surface area contributed by atoms with E-state index in [4.69, 9.17) is 9.84 Å². The number of hydrogen-bond acceptors (Lipinski definition) is 5. The van der Waals surface area contributed by atoms with Crippen molar-refractivity contribution in [1.82, 2.24) is 14.6 Å². The highest BCUT2D eigenvalue weighted by Gasteiger charge is 2.33. The van der Waals surface area contributed by atoms with Crippen LogP contribution in [0.1, 0.15) is 40.6 Å². The number of aliphatic hydroxyl groups excluding tert-OH is 1. The number of anilines is 1. The number of imidazole rings is 1. The number of benzene rings is 1. The fraction of sp³-hybridized carbons (Fsp3) is 0.455. The summed E-state index contributed by atoms with van der Waals surface area (Å²) >= 11 is 0. The lowest BCUT2D eigenvalue weighted by Crippen LogP contribution is -2.37. The maximum absolute atomic E-state index is 13.4. The summed E-state index contributed by atoms with van der Waals surface area (Å²) in [4.78, 5) is 6.70. The van der Waals surface area contributed by atoms with Gasteiger partial charge in [-0.3, -0.25) is 0 Å². The number of aliphatic hydroxyl groups is 1. The molecule has 1 aliphatic heterocycles. The lowest BCUT2D eigenvalue weighted by Gasteiger charge is -2.28. The molecule has 31 heavy (non-hydrogen) atoms. The van der Waals surface area contributed by atoms with Crippen molar-refractivity contribution in [2.24, 2.45) is 0 Å². The third kappa shape index (κ3) is 4.12. The Morgan fingerprint density at radius 2 is 1.90 bits per heavy atom. The van der Waals surface area contributed by atoms with E-state index in [0.29, 0.717) is 55.3 Å². The Hall–Kier alpha value is -2.65. The first-order valence-corrected chi connectivity index (χ1v) is 10.3.